The van der Waals surface area contributed by atoms with Crippen molar-refractivity contribution in [1.29, 1.82) is 0 Å². The Kier molecular flexibility index (Phi) is 9.02. The molecule has 0 aliphatic carbocycles. The monoisotopic (exact) mass is 395 g/mol. The molecule has 1 aliphatic heterocycles. The third kappa shape index (κ3) is 8.17. The maximum atomic E-state index is 5.54. The Labute approximate surface area is 168 Å². The van der Waals surface area contributed by atoms with Gasteiger partial charge < -0.3 is 20.7 Å². The van der Waals surface area contributed by atoms with Gasteiger partial charge in [-0.2, -0.15) is 0 Å². The van der Waals surface area contributed by atoms with Crippen LogP contribution in [0.4, 0.5) is 0 Å². The van der Waals surface area contributed by atoms with Gasteiger partial charge in [0.1, 0.15) is 0 Å². The molecule has 0 spiro atoms. The van der Waals surface area contributed by atoms with Crippen LogP contribution in [0.5, 0.6) is 0 Å². The summed E-state index contributed by atoms with van der Waals surface area (Å²) in [7, 11) is 0. The van der Waals surface area contributed by atoms with Gasteiger partial charge in [-0.3, -0.25) is 9.89 Å². The summed E-state index contributed by atoms with van der Waals surface area (Å²) in [5.74, 6) is 0.889. The summed E-state index contributed by atoms with van der Waals surface area (Å²) in [6.45, 7) is 17.7. The van der Waals surface area contributed by atoms with E-state index in [1.54, 1.807) is 0 Å². The number of morpholine rings is 1. The van der Waals surface area contributed by atoms with E-state index in [0.29, 0.717) is 6.04 Å². The van der Waals surface area contributed by atoms with Crippen LogP contribution in [0.2, 0.25) is 0 Å². The van der Waals surface area contributed by atoms with E-state index in [9.17, 15) is 0 Å². The van der Waals surface area contributed by atoms with E-state index in [1.807, 2.05) is 11.3 Å². The molecule has 0 saturated carbocycles. The maximum Gasteiger partial charge on any atom is 0.191 e. The topological polar surface area (TPSA) is 60.9 Å². The van der Waals surface area contributed by atoms with Crippen molar-refractivity contribution in [2.45, 2.75) is 46.2 Å². The van der Waals surface area contributed by atoms with E-state index in [2.05, 4.69) is 67.6 Å². The van der Waals surface area contributed by atoms with Crippen molar-refractivity contribution in [3.8, 4) is 0 Å². The molecule has 7 heteroatoms. The normalized spacial score (nSPS) is 17.7. The molecule has 27 heavy (non-hydrogen) atoms. The summed E-state index contributed by atoms with van der Waals surface area (Å²) in [6.07, 6.45) is 0. The molecular formula is C20H37N5OS. The second-order valence-corrected chi connectivity index (χ2v) is 9.26. The Balaban J connectivity index is 1.99. The van der Waals surface area contributed by atoms with Crippen molar-refractivity contribution < 1.29 is 4.74 Å². The quantitative estimate of drug-likeness (QED) is 0.358. The molecule has 2 heterocycles. The highest BCUT2D eigenvalue weighted by Crippen LogP contribution is 2.28. The van der Waals surface area contributed by atoms with Crippen molar-refractivity contribution >= 4 is 17.3 Å². The lowest BCUT2D eigenvalue weighted by molar-refractivity contribution is 0.0186. The lowest BCUT2D eigenvalue weighted by Gasteiger charge is -2.33. The zero-order valence-electron chi connectivity index (χ0n) is 17.6. The molecule has 0 aromatic carbocycles. The van der Waals surface area contributed by atoms with E-state index in [4.69, 9.17) is 9.73 Å². The molecule has 0 amide bonds. The number of hydrogen-bond acceptors (Lipinski definition) is 5. The van der Waals surface area contributed by atoms with Crippen molar-refractivity contribution in [3.63, 3.8) is 0 Å². The molecule has 154 valence electrons. The minimum atomic E-state index is 0.135. The molecule has 1 fully saturated rings. The van der Waals surface area contributed by atoms with Gasteiger partial charge in [0.05, 0.1) is 25.8 Å². The van der Waals surface area contributed by atoms with Gasteiger partial charge in [-0.25, -0.2) is 0 Å². The molecule has 0 radical (unpaired) electrons. The molecule has 6 nitrogen and oxygen atoms in total. The number of guanidine groups is 1. The van der Waals surface area contributed by atoms with Crippen LogP contribution in [0.1, 0.15) is 43.5 Å². The highest BCUT2D eigenvalue weighted by Gasteiger charge is 2.23. The van der Waals surface area contributed by atoms with E-state index >= 15 is 0 Å². The first kappa shape index (κ1) is 22.1. The highest BCUT2D eigenvalue weighted by atomic mass is 32.1. The van der Waals surface area contributed by atoms with Gasteiger partial charge in [-0.1, -0.05) is 0 Å². The zero-order valence-corrected chi connectivity index (χ0v) is 18.4. The number of ether oxygens (including phenoxy) is 1. The van der Waals surface area contributed by atoms with Crippen LogP contribution in [0.3, 0.4) is 0 Å². The number of nitrogens with one attached hydrogen (secondary N) is 3. The average molecular weight is 396 g/mol. The predicted molar refractivity (Wildman–Crippen MR) is 116 cm³/mol. The van der Waals surface area contributed by atoms with E-state index < -0.39 is 0 Å². The first-order chi connectivity index (χ1) is 12.9. The summed E-state index contributed by atoms with van der Waals surface area (Å²) < 4.78 is 5.54. The third-order valence-electron chi connectivity index (χ3n) is 4.42. The van der Waals surface area contributed by atoms with Crippen LogP contribution in [-0.2, 0) is 4.74 Å². The zero-order chi connectivity index (χ0) is 19.7. The molecule has 1 aromatic rings. The average Bonchev–Trinajstić information content (AvgIpc) is 3.05. The summed E-state index contributed by atoms with van der Waals surface area (Å²) in [5, 5.41) is 10.3. The first-order valence-electron chi connectivity index (χ1n) is 10.0. The van der Waals surface area contributed by atoms with Gasteiger partial charge in [-0.15, -0.1) is 11.3 Å². The summed E-state index contributed by atoms with van der Waals surface area (Å²) in [6, 6.07) is 4.78. The number of rotatable bonds is 8. The summed E-state index contributed by atoms with van der Waals surface area (Å²) >= 11 is 1.88. The molecule has 3 N–H and O–H groups in total. The largest absolute Gasteiger partial charge is 0.379 e. The molecule has 1 unspecified atom stereocenters. The van der Waals surface area contributed by atoms with E-state index in [-0.39, 0.29) is 5.54 Å². The minimum absolute atomic E-state index is 0.135. The third-order valence-corrected chi connectivity index (χ3v) is 5.52. The van der Waals surface area contributed by atoms with Crippen molar-refractivity contribution in [1.82, 2.24) is 20.9 Å². The molecule has 1 aromatic heterocycles. The van der Waals surface area contributed by atoms with Crippen LogP contribution in [0.15, 0.2) is 17.1 Å². The van der Waals surface area contributed by atoms with Gasteiger partial charge in [0, 0.05) is 48.0 Å². The van der Waals surface area contributed by atoms with Crippen LogP contribution >= 0.6 is 11.3 Å². The van der Waals surface area contributed by atoms with Gasteiger partial charge in [-0.05, 0) is 46.8 Å². The van der Waals surface area contributed by atoms with Crippen LogP contribution in [0, 0.1) is 6.92 Å². The molecule has 2 rings (SSSR count). The number of aliphatic imine (C=N–C) groups is 1. The fraction of sp³-hybridized carbons (Fsp3) is 0.750. The first-order valence-corrected chi connectivity index (χ1v) is 10.9. The molecular weight excluding hydrogens is 358 g/mol. The SMILES string of the molecule is CCNC(=NCC(c1ccc(C)s1)N1CCOCC1)NCCNC(C)(C)C. The Morgan fingerprint density at radius 2 is 1.96 bits per heavy atom. The molecule has 1 saturated heterocycles. The van der Waals surface area contributed by atoms with Crippen LogP contribution in [-0.4, -0.2) is 68.9 Å². The van der Waals surface area contributed by atoms with Gasteiger partial charge in [0.25, 0.3) is 0 Å². The number of aryl methyl sites for hydroxylation is 1. The van der Waals surface area contributed by atoms with E-state index in [0.717, 1.165) is 58.4 Å². The van der Waals surface area contributed by atoms with Gasteiger partial charge in [0.15, 0.2) is 5.96 Å². The smallest absolute Gasteiger partial charge is 0.191 e. The highest BCUT2D eigenvalue weighted by molar-refractivity contribution is 7.12. The van der Waals surface area contributed by atoms with Gasteiger partial charge >= 0.3 is 0 Å². The molecule has 1 atom stereocenters. The number of nitrogens with zero attached hydrogens (tertiary/aromatic N) is 2. The fourth-order valence-corrected chi connectivity index (χ4v) is 4.05. The molecule has 1 aliphatic rings. The minimum Gasteiger partial charge on any atom is -0.379 e. The Morgan fingerprint density at radius 1 is 1.22 bits per heavy atom. The van der Waals surface area contributed by atoms with Gasteiger partial charge in [0.2, 0.25) is 0 Å². The second-order valence-electron chi connectivity index (χ2n) is 7.94. The second kappa shape index (κ2) is 11.0. The van der Waals surface area contributed by atoms with E-state index in [1.165, 1.54) is 9.75 Å². The number of hydrogen-bond donors (Lipinski definition) is 3. The van der Waals surface area contributed by atoms with Crippen LogP contribution < -0.4 is 16.0 Å². The Bertz CT molecular complexity index is 575. The number of thiophene rings is 1. The molecule has 0 bridgehead atoms. The standard InChI is InChI=1S/C20H37N5OS/c1-6-21-19(22-9-10-24-20(3,4)5)23-15-17(18-8-7-16(2)27-18)25-11-13-26-14-12-25/h7-8,17,24H,6,9-15H2,1-5H3,(H2,21,22,23). The Morgan fingerprint density at radius 3 is 2.56 bits per heavy atom. The fourth-order valence-electron chi connectivity index (χ4n) is 3.04. The lowest BCUT2D eigenvalue weighted by Crippen LogP contribution is -2.45. The maximum absolute atomic E-state index is 5.54. The lowest BCUT2D eigenvalue weighted by atomic mass is 10.1. The van der Waals surface area contributed by atoms with Crippen molar-refractivity contribution in [2.24, 2.45) is 4.99 Å². The van der Waals surface area contributed by atoms with Crippen molar-refractivity contribution in [2.75, 3.05) is 52.5 Å². The van der Waals surface area contributed by atoms with Crippen molar-refractivity contribution in [3.05, 3.63) is 21.9 Å². The summed E-state index contributed by atoms with van der Waals surface area (Å²) in [5.41, 5.74) is 0.135. The van der Waals surface area contributed by atoms with Crippen LogP contribution in [0.25, 0.3) is 0 Å². The summed E-state index contributed by atoms with van der Waals surface area (Å²) in [4.78, 5) is 10.1. The Hall–Kier alpha value is -1.15. The predicted octanol–water partition coefficient (Wildman–Crippen LogP) is 2.37.